The third kappa shape index (κ3) is 3.71. The zero-order valence-corrected chi connectivity index (χ0v) is 11.7. The zero-order valence-electron chi connectivity index (χ0n) is 10.9. The van der Waals surface area contributed by atoms with Crippen LogP contribution in [0.2, 0.25) is 0 Å². The molecule has 5 heteroatoms. The Morgan fingerprint density at radius 3 is 2.56 bits per heavy atom. The van der Waals surface area contributed by atoms with Crippen molar-refractivity contribution < 1.29 is 8.42 Å². The first-order valence-corrected chi connectivity index (χ1v) is 8.20. The van der Waals surface area contributed by atoms with Gasteiger partial charge in [-0.3, -0.25) is 0 Å². The predicted molar refractivity (Wildman–Crippen MR) is 72.5 cm³/mol. The minimum atomic E-state index is -3.26. The van der Waals surface area contributed by atoms with Crippen LogP contribution in [-0.2, 0) is 10.0 Å². The number of hydrogen-bond donors (Lipinski definition) is 1. The maximum atomic E-state index is 12.4. The van der Waals surface area contributed by atoms with Crippen LogP contribution in [0.3, 0.4) is 0 Å². The smallest absolute Gasteiger partial charge is 0.218 e. The van der Waals surface area contributed by atoms with E-state index in [2.05, 4.69) is 11.2 Å². The molecule has 0 bridgehead atoms. The standard InChI is InChI=1S/C13H22N2O2S/c1-3-8-15(10-12-4-5-12)18(16,17)11(2)9-14-13-6-7-13/h1,11-14H,4-10H2,2H3. The van der Waals surface area contributed by atoms with Gasteiger partial charge in [-0.25, -0.2) is 8.42 Å². The molecule has 0 aromatic carbocycles. The Morgan fingerprint density at radius 1 is 1.39 bits per heavy atom. The second kappa shape index (κ2) is 5.60. The molecule has 2 aliphatic rings. The SMILES string of the molecule is C#CCN(CC1CC1)S(=O)(=O)C(C)CNC1CC1. The molecule has 0 radical (unpaired) electrons. The maximum Gasteiger partial charge on any atom is 0.218 e. The molecule has 4 nitrogen and oxygen atoms in total. The highest BCUT2D eigenvalue weighted by molar-refractivity contribution is 7.89. The maximum absolute atomic E-state index is 12.4. The van der Waals surface area contributed by atoms with Gasteiger partial charge in [0.15, 0.2) is 0 Å². The van der Waals surface area contributed by atoms with Crippen LogP contribution < -0.4 is 5.32 Å². The topological polar surface area (TPSA) is 49.4 Å². The molecule has 0 amide bonds. The quantitative estimate of drug-likeness (QED) is 0.664. The molecule has 2 rings (SSSR count). The number of nitrogens with zero attached hydrogens (tertiary/aromatic N) is 1. The molecule has 2 aliphatic carbocycles. The molecular weight excluding hydrogens is 248 g/mol. The minimum absolute atomic E-state index is 0.201. The summed E-state index contributed by atoms with van der Waals surface area (Å²) in [4.78, 5) is 0. The fraction of sp³-hybridized carbons (Fsp3) is 0.846. The highest BCUT2D eigenvalue weighted by atomic mass is 32.2. The van der Waals surface area contributed by atoms with Crippen LogP contribution in [0.1, 0.15) is 32.6 Å². The van der Waals surface area contributed by atoms with Crippen molar-refractivity contribution in [2.75, 3.05) is 19.6 Å². The van der Waals surface area contributed by atoms with Gasteiger partial charge < -0.3 is 5.32 Å². The summed E-state index contributed by atoms with van der Waals surface area (Å²) in [5, 5.41) is 2.87. The lowest BCUT2D eigenvalue weighted by atomic mass is 10.4. The van der Waals surface area contributed by atoms with E-state index in [9.17, 15) is 8.42 Å². The fourth-order valence-electron chi connectivity index (χ4n) is 1.93. The summed E-state index contributed by atoms with van der Waals surface area (Å²) in [6.45, 7) is 3.09. The normalized spacial score (nSPS) is 21.8. The van der Waals surface area contributed by atoms with Gasteiger partial charge in [0, 0.05) is 19.1 Å². The van der Waals surface area contributed by atoms with Crippen LogP contribution in [0.25, 0.3) is 0 Å². The Morgan fingerprint density at radius 2 is 2.06 bits per heavy atom. The Hall–Kier alpha value is -0.570. The highest BCUT2D eigenvalue weighted by Gasteiger charge is 2.34. The number of hydrogen-bond acceptors (Lipinski definition) is 3. The Kier molecular flexibility index (Phi) is 4.31. The van der Waals surface area contributed by atoms with E-state index in [0.29, 0.717) is 25.0 Å². The highest BCUT2D eigenvalue weighted by Crippen LogP contribution is 2.31. The van der Waals surface area contributed by atoms with Crippen LogP contribution >= 0.6 is 0 Å². The second-order valence-corrected chi connectivity index (χ2v) is 7.83. The van der Waals surface area contributed by atoms with Gasteiger partial charge in [0.2, 0.25) is 10.0 Å². The second-order valence-electron chi connectivity index (χ2n) is 5.48. The first-order valence-electron chi connectivity index (χ1n) is 6.70. The van der Waals surface area contributed by atoms with Gasteiger partial charge in [0.1, 0.15) is 0 Å². The first kappa shape index (κ1) is 13.9. The van der Waals surface area contributed by atoms with E-state index < -0.39 is 15.3 Å². The molecule has 1 atom stereocenters. The van der Waals surface area contributed by atoms with Crippen LogP contribution in [0, 0.1) is 18.3 Å². The predicted octanol–water partition coefficient (Wildman–Crippen LogP) is 0.802. The van der Waals surface area contributed by atoms with Gasteiger partial charge in [-0.1, -0.05) is 5.92 Å². The number of rotatable bonds is 8. The summed E-state index contributed by atoms with van der Waals surface area (Å²) in [5.41, 5.74) is 0. The van der Waals surface area contributed by atoms with Crippen LogP contribution in [0.5, 0.6) is 0 Å². The molecular formula is C13H22N2O2S. The summed E-state index contributed by atoms with van der Waals surface area (Å²) in [6.07, 6.45) is 9.88. The molecule has 0 aromatic rings. The lowest BCUT2D eigenvalue weighted by Crippen LogP contribution is -2.43. The van der Waals surface area contributed by atoms with Gasteiger partial charge in [-0.2, -0.15) is 4.31 Å². The lowest BCUT2D eigenvalue weighted by Gasteiger charge is -2.24. The summed E-state index contributed by atoms with van der Waals surface area (Å²) >= 11 is 0. The van der Waals surface area contributed by atoms with E-state index in [0.717, 1.165) is 12.8 Å². The number of terminal acetylenes is 1. The van der Waals surface area contributed by atoms with E-state index >= 15 is 0 Å². The molecule has 0 saturated heterocycles. The van der Waals surface area contributed by atoms with Crippen LogP contribution in [-0.4, -0.2) is 43.6 Å². The van der Waals surface area contributed by atoms with E-state index in [1.54, 1.807) is 6.92 Å². The Bertz CT molecular complexity index is 419. The van der Waals surface area contributed by atoms with Gasteiger partial charge >= 0.3 is 0 Å². The molecule has 0 spiro atoms. The minimum Gasteiger partial charge on any atom is -0.313 e. The third-order valence-electron chi connectivity index (χ3n) is 3.57. The van der Waals surface area contributed by atoms with Crippen molar-refractivity contribution in [2.24, 2.45) is 5.92 Å². The van der Waals surface area contributed by atoms with Crippen molar-refractivity contribution in [3.8, 4) is 12.3 Å². The lowest BCUT2D eigenvalue weighted by molar-refractivity contribution is 0.420. The first-order chi connectivity index (χ1) is 8.54. The molecule has 0 heterocycles. The Balaban J connectivity index is 1.92. The molecule has 18 heavy (non-hydrogen) atoms. The monoisotopic (exact) mass is 270 g/mol. The van der Waals surface area contributed by atoms with Crippen LogP contribution in [0.15, 0.2) is 0 Å². The van der Waals surface area contributed by atoms with Gasteiger partial charge in [0.25, 0.3) is 0 Å². The summed E-state index contributed by atoms with van der Waals surface area (Å²) < 4.78 is 26.3. The average molecular weight is 270 g/mol. The van der Waals surface area contributed by atoms with Crippen molar-refractivity contribution in [2.45, 2.75) is 43.9 Å². The third-order valence-corrected chi connectivity index (χ3v) is 5.75. The van der Waals surface area contributed by atoms with Gasteiger partial charge in [-0.05, 0) is 38.5 Å². The molecule has 1 N–H and O–H groups in total. The zero-order chi connectivity index (χ0) is 13.2. The largest absolute Gasteiger partial charge is 0.313 e. The summed E-state index contributed by atoms with van der Waals surface area (Å²) in [6, 6.07) is 0.534. The van der Waals surface area contributed by atoms with Crippen molar-refractivity contribution in [3.05, 3.63) is 0 Å². The van der Waals surface area contributed by atoms with Crippen molar-refractivity contribution >= 4 is 10.0 Å². The van der Waals surface area contributed by atoms with Crippen molar-refractivity contribution in [1.29, 1.82) is 0 Å². The molecule has 2 saturated carbocycles. The van der Waals surface area contributed by atoms with E-state index in [1.807, 2.05) is 0 Å². The average Bonchev–Trinajstić information content (AvgIpc) is 3.19. The summed E-state index contributed by atoms with van der Waals surface area (Å²) in [5.74, 6) is 2.99. The molecule has 102 valence electrons. The van der Waals surface area contributed by atoms with E-state index in [-0.39, 0.29) is 6.54 Å². The number of nitrogens with one attached hydrogen (secondary N) is 1. The summed E-state index contributed by atoms with van der Waals surface area (Å²) in [7, 11) is -3.26. The van der Waals surface area contributed by atoms with Gasteiger partial charge in [-0.15, -0.1) is 6.42 Å². The molecule has 0 aliphatic heterocycles. The van der Waals surface area contributed by atoms with Gasteiger partial charge in [0.05, 0.1) is 11.8 Å². The fourth-order valence-corrected chi connectivity index (χ4v) is 3.42. The van der Waals surface area contributed by atoms with Crippen LogP contribution in [0.4, 0.5) is 0 Å². The van der Waals surface area contributed by atoms with Crippen molar-refractivity contribution in [1.82, 2.24) is 9.62 Å². The van der Waals surface area contributed by atoms with E-state index in [1.165, 1.54) is 17.1 Å². The van der Waals surface area contributed by atoms with E-state index in [4.69, 9.17) is 6.42 Å². The number of sulfonamides is 1. The molecule has 2 fully saturated rings. The Labute approximate surface area is 110 Å². The van der Waals surface area contributed by atoms with Crippen molar-refractivity contribution in [3.63, 3.8) is 0 Å². The molecule has 0 aromatic heterocycles. The molecule has 1 unspecified atom stereocenters.